The maximum Gasteiger partial charge on any atom is 0.229 e. The normalized spacial score (nSPS) is 14.1. The Morgan fingerprint density at radius 1 is 0.943 bits per heavy atom. The van der Waals surface area contributed by atoms with Crippen LogP contribution >= 0.6 is 11.6 Å². The Bertz CT molecular complexity index is 1260. The summed E-state index contributed by atoms with van der Waals surface area (Å²) in [5, 5.41) is 8.14. The van der Waals surface area contributed by atoms with Gasteiger partial charge in [0.05, 0.1) is 37.2 Å². The number of ether oxygens (including phenoxy) is 2. The molecule has 180 valence electrons. The van der Waals surface area contributed by atoms with Crippen LogP contribution in [0, 0.1) is 0 Å². The van der Waals surface area contributed by atoms with Crippen LogP contribution in [0.25, 0.3) is 10.9 Å². The van der Waals surface area contributed by atoms with Crippen LogP contribution < -0.4 is 15.4 Å². The largest absolute Gasteiger partial charge is 0.494 e. The molecular weight excluding hydrogens is 464 g/mol. The van der Waals surface area contributed by atoms with Crippen LogP contribution in [0.2, 0.25) is 5.02 Å². The summed E-state index contributed by atoms with van der Waals surface area (Å²) in [7, 11) is 0. The van der Waals surface area contributed by atoms with E-state index in [1.807, 2.05) is 48.5 Å². The van der Waals surface area contributed by atoms with Gasteiger partial charge in [-0.1, -0.05) is 11.6 Å². The summed E-state index contributed by atoms with van der Waals surface area (Å²) in [6.45, 7) is 5.40. The summed E-state index contributed by atoms with van der Waals surface area (Å²) in [4.78, 5) is 15.8. The monoisotopic (exact) mass is 490 g/mol. The molecule has 1 fully saturated rings. The number of pyridine rings is 1. The SMILES string of the molecule is Clc1ccc2ncc(Nc3ccnc(Nc4ccc(OCCCN5CCOCC5)cc4)n3)cc2c1. The zero-order chi connectivity index (χ0) is 23.9. The number of aromatic nitrogens is 3. The molecule has 0 bridgehead atoms. The van der Waals surface area contributed by atoms with Gasteiger partial charge in [-0.25, -0.2) is 4.98 Å². The first-order valence-corrected chi connectivity index (χ1v) is 12.0. The molecule has 1 aliphatic heterocycles. The molecule has 4 aromatic rings. The molecule has 0 atom stereocenters. The van der Waals surface area contributed by atoms with E-state index in [2.05, 4.69) is 30.5 Å². The second-order valence-corrected chi connectivity index (χ2v) is 8.69. The fourth-order valence-corrected chi connectivity index (χ4v) is 4.05. The maximum atomic E-state index is 6.11. The van der Waals surface area contributed by atoms with Crippen molar-refractivity contribution in [2.45, 2.75) is 6.42 Å². The smallest absolute Gasteiger partial charge is 0.229 e. The van der Waals surface area contributed by atoms with Gasteiger partial charge >= 0.3 is 0 Å². The van der Waals surface area contributed by atoms with Crippen LogP contribution in [0.15, 0.2) is 67.0 Å². The number of hydrogen-bond acceptors (Lipinski definition) is 8. The van der Waals surface area contributed by atoms with Crippen molar-refractivity contribution in [1.82, 2.24) is 19.9 Å². The lowest BCUT2D eigenvalue weighted by molar-refractivity contribution is 0.0358. The summed E-state index contributed by atoms with van der Waals surface area (Å²) >= 11 is 6.11. The van der Waals surface area contributed by atoms with E-state index in [0.717, 1.165) is 67.3 Å². The highest BCUT2D eigenvalue weighted by molar-refractivity contribution is 6.31. The van der Waals surface area contributed by atoms with Crippen molar-refractivity contribution in [2.24, 2.45) is 0 Å². The highest BCUT2D eigenvalue weighted by atomic mass is 35.5. The topological polar surface area (TPSA) is 84.4 Å². The Balaban J connectivity index is 1.14. The third kappa shape index (κ3) is 6.57. The number of fused-ring (bicyclic) bond motifs is 1. The fourth-order valence-electron chi connectivity index (χ4n) is 3.87. The van der Waals surface area contributed by atoms with Crippen molar-refractivity contribution in [3.05, 3.63) is 72.0 Å². The first-order chi connectivity index (χ1) is 17.2. The molecule has 0 spiro atoms. The summed E-state index contributed by atoms with van der Waals surface area (Å²) in [5.41, 5.74) is 2.58. The summed E-state index contributed by atoms with van der Waals surface area (Å²) in [6.07, 6.45) is 4.47. The predicted molar refractivity (Wildman–Crippen MR) is 139 cm³/mol. The second-order valence-electron chi connectivity index (χ2n) is 8.26. The lowest BCUT2D eigenvalue weighted by atomic mass is 10.2. The zero-order valence-electron chi connectivity index (χ0n) is 19.3. The Morgan fingerprint density at radius 3 is 2.66 bits per heavy atom. The van der Waals surface area contributed by atoms with Gasteiger partial charge in [0.1, 0.15) is 11.6 Å². The van der Waals surface area contributed by atoms with Gasteiger partial charge in [-0.05, 0) is 61.0 Å². The Hall–Kier alpha value is -3.46. The minimum atomic E-state index is 0.492. The van der Waals surface area contributed by atoms with Gasteiger partial charge in [-0.15, -0.1) is 0 Å². The number of anilines is 4. The highest BCUT2D eigenvalue weighted by Crippen LogP contribution is 2.23. The number of halogens is 1. The van der Waals surface area contributed by atoms with E-state index in [9.17, 15) is 0 Å². The quantitative estimate of drug-likeness (QED) is 0.307. The first kappa shape index (κ1) is 23.3. The highest BCUT2D eigenvalue weighted by Gasteiger charge is 2.09. The van der Waals surface area contributed by atoms with Crippen molar-refractivity contribution in [1.29, 1.82) is 0 Å². The molecule has 2 N–H and O–H groups in total. The number of nitrogens with zero attached hydrogens (tertiary/aromatic N) is 4. The molecular formula is C26H27ClN6O2. The maximum absolute atomic E-state index is 6.11. The van der Waals surface area contributed by atoms with E-state index in [1.54, 1.807) is 18.5 Å². The van der Waals surface area contributed by atoms with Crippen LogP contribution in [0.5, 0.6) is 5.75 Å². The molecule has 5 rings (SSSR count). The van der Waals surface area contributed by atoms with Crippen molar-refractivity contribution < 1.29 is 9.47 Å². The van der Waals surface area contributed by atoms with Gasteiger partial charge < -0.3 is 20.1 Å². The van der Waals surface area contributed by atoms with Crippen LogP contribution in [0.1, 0.15) is 6.42 Å². The predicted octanol–water partition coefficient (Wildman–Crippen LogP) is 5.27. The van der Waals surface area contributed by atoms with E-state index in [-0.39, 0.29) is 0 Å². The standard InChI is InChI=1S/C26H27ClN6O2/c27-20-2-7-24-19(16-20)17-22(18-29-24)30-25-8-9-28-26(32-25)31-21-3-5-23(6-4-21)35-13-1-10-33-11-14-34-15-12-33/h2-9,16-18H,1,10-15H2,(H2,28,30,31,32). The van der Waals surface area contributed by atoms with Crippen molar-refractivity contribution in [2.75, 3.05) is 50.1 Å². The average molecular weight is 491 g/mol. The number of nitrogens with one attached hydrogen (secondary N) is 2. The molecule has 1 aliphatic rings. The van der Waals surface area contributed by atoms with E-state index < -0.39 is 0 Å². The number of hydrogen-bond donors (Lipinski definition) is 2. The van der Waals surface area contributed by atoms with Crippen LogP contribution in [-0.4, -0.2) is 59.3 Å². The molecule has 0 amide bonds. The Labute approximate surface area is 209 Å². The van der Waals surface area contributed by atoms with Crippen LogP contribution in [0.3, 0.4) is 0 Å². The van der Waals surface area contributed by atoms with Crippen molar-refractivity contribution in [3.63, 3.8) is 0 Å². The average Bonchev–Trinajstić information content (AvgIpc) is 2.88. The van der Waals surface area contributed by atoms with Gasteiger partial charge in [0, 0.05) is 41.9 Å². The second kappa shape index (κ2) is 11.3. The first-order valence-electron chi connectivity index (χ1n) is 11.7. The molecule has 0 aliphatic carbocycles. The Kier molecular flexibility index (Phi) is 7.53. The summed E-state index contributed by atoms with van der Waals surface area (Å²) in [5.74, 6) is 2.00. The van der Waals surface area contributed by atoms with Crippen LogP contribution in [-0.2, 0) is 4.74 Å². The molecule has 0 unspecified atom stereocenters. The Morgan fingerprint density at radius 2 is 1.80 bits per heavy atom. The fraction of sp³-hybridized carbons (Fsp3) is 0.269. The molecule has 9 heteroatoms. The minimum absolute atomic E-state index is 0.492. The molecule has 1 saturated heterocycles. The lowest BCUT2D eigenvalue weighted by Crippen LogP contribution is -2.37. The van der Waals surface area contributed by atoms with Gasteiger partial charge in [-0.3, -0.25) is 9.88 Å². The molecule has 0 saturated carbocycles. The van der Waals surface area contributed by atoms with Crippen molar-refractivity contribution >= 4 is 45.6 Å². The number of benzene rings is 2. The zero-order valence-corrected chi connectivity index (χ0v) is 20.0. The van der Waals surface area contributed by atoms with Crippen molar-refractivity contribution in [3.8, 4) is 5.75 Å². The van der Waals surface area contributed by atoms with E-state index >= 15 is 0 Å². The van der Waals surface area contributed by atoms with E-state index in [0.29, 0.717) is 23.4 Å². The third-order valence-electron chi connectivity index (χ3n) is 5.67. The van der Waals surface area contributed by atoms with Gasteiger partial charge in [0.2, 0.25) is 5.95 Å². The van der Waals surface area contributed by atoms with Gasteiger partial charge in [-0.2, -0.15) is 4.98 Å². The lowest BCUT2D eigenvalue weighted by Gasteiger charge is -2.26. The molecule has 3 heterocycles. The molecule has 0 radical (unpaired) electrons. The van der Waals surface area contributed by atoms with Crippen LogP contribution in [0.4, 0.5) is 23.1 Å². The molecule has 8 nitrogen and oxygen atoms in total. The summed E-state index contributed by atoms with van der Waals surface area (Å²) < 4.78 is 11.3. The molecule has 2 aromatic heterocycles. The van der Waals surface area contributed by atoms with Gasteiger partial charge in [0.25, 0.3) is 0 Å². The molecule has 2 aromatic carbocycles. The van der Waals surface area contributed by atoms with Gasteiger partial charge in [0.15, 0.2) is 0 Å². The third-order valence-corrected chi connectivity index (χ3v) is 5.91. The van der Waals surface area contributed by atoms with E-state index in [1.165, 1.54) is 0 Å². The minimum Gasteiger partial charge on any atom is -0.494 e. The number of morpholine rings is 1. The van der Waals surface area contributed by atoms with E-state index in [4.69, 9.17) is 21.1 Å². The molecule has 35 heavy (non-hydrogen) atoms. The summed E-state index contributed by atoms with van der Waals surface area (Å²) in [6, 6.07) is 17.2. The number of rotatable bonds is 9.